The van der Waals surface area contributed by atoms with E-state index in [1.54, 1.807) is 6.20 Å². The molecule has 0 aliphatic carbocycles. The average molecular weight is 258 g/mol. The standard InChI is InChI=1S/C14H14N2O3/c17-10-2-4-16(7-10)14-11-6-13-12(18-8-19-13)5-9(11)1-3-15-14/h1,3,5-6,10,17H,2,4,7-8H2/t10-/m0/s1. The van der Waals surface area contributed by atoms with Crippen LogP contribution in [-0.2, 0) is 0 Å². The van der Waals surface area contributed by atoms with Crippen LogP contribution < -0.4 is 14.4 Å². The monoisotopic (exact) mass is 258 g/mol. The summed E-state index contributed by atoms with van der Waals surface area (Å²) in [7, 11) is 0. The predicted octanol–water partition coefficient (Wildman–Crippen LogP) is 1.53. The molecule has 1 aromatic carbocycles. The summed E-state index contributed by atoms with van der Waals surface area (Å²) in [5.41, 5.74) is 0. The minimum atomic E-state index is -0.258. The summed E-state index contributed by atoms with van der Waals surface area (Å²) in [5, 5.41) is 11.8. The van der Waals surface area contributed by atoms with E-state index in [2.05, 4.69) is 9.88 Å². The summed E-state index contributed by atoms with van der Waals surface area (Å²) in [6.45, 7) is 1.75. The molecule has 1 saturated heterocycles. The molecule has 4 rings (SSSR count). The van der Waals surface area contributed by atoms with Gasteiger partial charge in [0.1, 0.15) is 5.82 Å². The molecular weight excluding hydrogens is 244 g/mol. The van der Waals surface area contributed by atoms with Crippen molar-refractivity contribution in [1.82, 2.24) is 4.98 Å². The van der Waals surface area contributed by atoms with E-state index in [0.29, 0.717) is 6.54 Å². The van der Waals surface area contributed by atoms with Crippen LogP contribution in [0.1, 0.15) is 6.42 Å². The van der Waals surface area contributed by atoms with E-state index < -0.39 is 0 Å². The minimum Gasteiger partial charge on any atom is -0.454 e. The number of aliphatic hydroxyl groups excluding tert-OH is 1. The molecule has 0 amide bonds. The van der Waals surface area contributed by atoms with Gasteiger partial charge < -0.3 is 19.5 Å². The molecule has 0 radical (unpaired) electrons. The maximum Gasteiger partial charge on any atom is 0.231 e. The van der Waals surface area contributed by atoms with Crippen molar-refractivity contribution in [2.24, 2.45) is 0 Å². The molecule has 0 bridgehead atoms. The highest BCUT2D eigenvalue weighted by Crippen LogP contribution is 2.39. The second-order valence-electron chi connectivity index (χ2n) is 4.95. The smallest absolute Gasteiger partial charge is 0.231 e. The summed E-state index contributed by atoms with van der Waals surface area (Å²) >= 11 is 0. The summed E-state index contributed by atoms with van der Waals surface area (Å²) < 4.78 is 10.8. The Kier molecular flexibility index (Phi) is 2.29. The van der Waals surface area contributed by atoms with Gasteiger partial charge in [0.25, 0.3) is 0 Å². The summed E-state index contributed by atoms with van der Waals surface area (Å²) in [5.74, 6) is 2.46. The Labute approximate surface area is 110 Å². The Morgan fingerprint density at radius 1 is 1.26 bits per heavy atom. The van der Waals surface area contributed by atoms with Crippen molar-refractivity contribution in [3.63, 3.8) is 0 Å². The first-order valence-electron chi connectivity index (χ1n) is 6.42. The van der Waals surface area contributed by atoms with Crippen molar-refractivity contribution in [3.05, 3.63) is 24.4 Å². The zero-order chi connectivity index (χ0) is 12.8. The molecule has 5 heteroatoms. The van der Waals surface area contributed by atoms with Gasteiger partial charge in [-0.25, -0.2) is 4.98 Å². The second-order valence-corrected chi connectivity index (χ2v) is 4.95. The number of β-amino-alcohol motifs (C(OH)–C–C–N with tert-alkyl or cyclic N) is 1. The van der Waals surface area contributed by atoms with Crippen LogP contribution in [0.2, 0.25) is 0 Å². The van der Waals surface area contributed by atoms with E-state index in [4.69, 9.17) is 9.47 Å². The summed E-state index contributed by atoms with van der Waals surface area (Å²) in [4.78, 5) is 6.59. The van der Waals surface area contributed by atoms with Gasteiger partial charge in [-0.15, -0.1) is 0 Å². The van der Waals surface area contributed by atoms with E-state index in [9.17, 15) is 5.11 Å². The Morgan fingerprint density at radius 2 is 2.11 bits per heavy atom. The topological polar surface area (TPSA) is 54.8 Å². The number of anilines is 1. The first-order chi connectivity index (χ1) is 9.31. The molecule has 1 atom stereocenters. The van der Waals surface area contributed by atoms with Crippen LogP contribution in [0.15, 0.2) is 24.4 Å². The number of benzene rings is 1. The quantitative estimate of drug-likeness (QED) is 0.840. The molecular formula is C14H14N2O3. The van der Waals surface area contributed by atoms with Crippen molar-refractivity contribution in [2.75, 3.05) is 24.8 Å². The summed E-state index contributed by atoms with van der Waals surface area (Å²) in [6.07, 6.45) is 2.33. The third-order valence-corrected chi connectivity index (χ3v) is 3.70. The van der Waals surface area contributed by atoms with Gasteiger partial charge in [0.15, 0.2) is 11.5 Å². The van der Waals surface area contributed by atoms with Crippen molar-refractivity contribution < 1.29 is 14.6 Å². The zero-order valence-corrected chi connectivity index (χ0v) is 10.4. The highest BCUT2D eigenvalue weighted by Gasteiger charge is 2.24. The van der Waals surface area contributed by atoms with Crippen LogP contribution in [0.5, 0.6) is 11.5 Å². The first kappa shape index (κ1) is 10.9. The van der Waals surface area contributed by atoms with E-state index in [-0.39, 0.29) is 12.9 Å². The number of aliphatic hydroxyl groups is 1. The Hall–Kier alpha value is -2.01. The Morgan fingerprint density at radius 3 is 2.89 bits per heavy atom. The van der Waals surface area contributed by atoms with Crippen LogP contribution >= 0.6 is 0 Å². The second kappa shape index (κ2) is 3.99. The fourth-order valence-corrected chi connectivity index (χ4v) is 2.73. The van der Waals surface area contributed by atoms with Crippen LogP contribution in [0, 0.1) is 0 Å². The number of ether oxygens (including phenoxy) is 2. The predicted molar refractivity (Wildman–Crippen MR) is 70.7 cm³/mol. The molecule has 0 unspecified atom stereocenters. The third kappa shape index (κ3) is 1.69. The van der Waals surface area contributed by atoms with Gasteiger partial charge in [0, 0.05) is 24.7 Å². The van der Waals surface area contributed by atoms with Gasteiger partial charge in [-0.1, -0.05) is 0 Å². The lowest BCUT2D eigenvalue weighted by Crippen LogP contribution is -2.22. The fourth-order valence-electron chi connectivity index (χ4n) is 2.73. The molecule has 2 aliphatic heterocycles. The largest absolute Gasteiger partial charge is 0.454 e. The van der Waals surface area contributed by atoms with Crippen molar-refractivity contribution in [3.8, 4) is 11.5 Å². The van der Waals surface area contributed by atoms with Crippen molar-refractivity contribution in [2.45, 2.75) is 12.5 Å². The first-order valence-corrected chi connectivity index (χ1v) is 6.42. The van der Waals surface area contributed by atoms with Crippen molar-refractivity contribution in [1.29, 1.82) is 0 Å². The Bertz CT molecular complexity index is 644. The molecule has 0 spiro atoms. The lowest BCUT2D eigenvalue weighted by Gasteiger charge is -2.18. The molecule has 5 nitrogen and oxygen atoms in total. The van der Waals surface area contributed by atoms with Gasteiger partial charge >= 0.3 is 0 Å². The maximum atomic E-state index is 9.67. The summed E-state index contributed by atoms with van der Waals surface area (Å²) in [6, 6.07) is 5.92. The van der Waals surface area contributed by atoms with E-state index in [1.165, 1.54) is 0 Å². The van der Waals surface area contributed by atoms with Crippen LogP contribution in [0.3, 0.4) is 0 Å². The number of fused-ring (bicyclic) bond motifs is 2. The molecule has 0 saturated carbocycles. The number of pyridine rings is 1. The lowest BCUT2D eigenvalue weighted by atomic mass is 10.1. The normalized spacial score (nSPS) is 21.3. The van der Waals surface area contributed by atoms with E-state index >= 15 is 0 Å². The van der Waals surface area contributed by atoms with Gasteiger partial charge in [0.2, 0.25) is 6.79 Å². The molecule has 2 aromatic rings. The van der Waals surface area contributed by atoms with Crippen molar-refractivity contribution >= 4 is 16.6 Å². The van der Waals surface area contributed by atoms with E-state index in [1.807, 2.05) is 18.2 Å². The minimum absolute atomic E-state index is 0.258. The number of aromatic nitrogens is 1. The fraction of sp³-hybridized carbons (Fsp3) is 0.357. The highest BCUT2D eigenvalue weighted by atomic mass is 16.7. The van der Waals surface area contributed by atoms with Crippen LogP contribution in [-0.4, -0.2) is 36.1 Å². The van der Waals surface area contributed by atoms with Gasteiger partial charge in [0.05, 0.1) is 6.10 Å². The number of nitrogens with zero attached hydrogens (tertiary/aromatic N) is 2. The number of hydrogen-bond acceptors (Lipinski definition) is 5. The van der Waals surface area contributed by atoms with Gasteiger partial charge in [-0.05, 0) is 30.0 Å². The van der Waals surface area contributed by atoms with E-state index in [0.717, 1.165) is 41.1 Å². The lowest BCUT2D eigenvalue weighted by molar-refractivity contribution is 0.174. The number of hydrogen-bond donors (Lipinski definition) is 1. The molecule has 98 valence electrons. The molecule has 1 N–H and O–H groups in total. The molecule has 19 heavy (non-hydrogen) atoms. The molecule has 1 aromatic heterocycles. The van der Waals surface area contributed by atoms with Gasteiger partial charge in [-0.3, -0.25) is 0 Å². The Balaban J connectivity index is 1.86. The zero-order valence-electron chi connectivity index (χ0n) is 10.4. The molecule has 2 aliphatic rings. The average Bonchev–Trinajstić information content (AvgIpc) is 3.03. The highest BCUT2D eigenvalue weighted by molar-refractivity contribution is 5.94. The third-order valence-electron chi connectivity index (χ3n) is 3.70. The van der Waals surface area contributed by atoms with Crippen LogP contribution in [0.25, 0.3) is 10.8 Å². The van der Waals surface area contributed by atoms with Crippen LogP contribution in [0.4, 0.5) is 5.82 Å². The molecule has 3 heterocycles. The number of rotatable bonds is 1. The molecule has 1 fully saturated rings. The SMILES string of the molecule is O[C@H]1CCN(c2nccc3cc4c(cc23)OCO4)C1. The van der Waals surface area contributed by atoms with Gasteiger partial charge in [-0.2, -0.15) is 0 Å². The maximum absolute atomic E-state index is 9.67.